The van der Waals surface area contributed by atoms with E-state index < -0.39 is 0 Å². The molecule has 0 aliphatic carbocycles. The molecule has 0 aliphatic rings. The van der Waals surface area contributed by atoms with Crippen LogP contribution in [0.15, 0.2) is 0 Å². The van der Waals surface area contributed by atoms with Gasteiger partial charge in [0.15, 0.2) is 0 Å². The predicted octanol–water partition coefficient (Wildman–Crippen LogP) is 2.11. The Bertz CT molecular complexity index is 436. The third kappa shape index (κ3) is 3.77. The molecular formula is C12H18N4OS. The van der Waals surface area contributed by atoms with Crippen LogP contribution < -0.4 is 0 Å². The summed E-state index contributed by atoms with van der Waals surface area (Å²) in [4.78, 5) is 14.7. The summed E-state index contributed by atoms with van der Waals surface area (Å²) >= 11 is 1.14. The van der Waals surface area contributed by atoms with Crippen molar-refractivity contribution >= 4 is 17.4 Å². The van der Waals surface area contributed by atoms with E-state index in [1.807, 2.05) is 6.92 Å². The van der Waals surface area contributed by atoms with Crippen LogP contribution in [0.2, 0.25) is 0 Å². The van der Waals surface area contributed by atoms with Crippen molar-refractivity contribution < 1.29 is 4.79 Å². The van der Waals surface area contributed by atoms with Gasteiger partial charge in [-0.25, -0.2) is 0 Å². The van der Waals surface area contributed by atoms with Crippen LogP contribution in [0.4, 0.5) is 0 Å². The van der Waals surface area contributed by atoms with Gasteiger partial charge in [0.05, 0.1) is 18.2 Å². The molecule has 0 bridgehead atoms. The highest BCUT2D eigenvalue weighted by Crippen LogP contribution is 2.15. The second-order valence-electron chi connectivity index (χ2n) is 4.46. The predicted molar refractivity (Wildman–Crippen MR) is 70.3 cm³/mol. The highest BCUT2D eigenvalue weighted by Gasteiger charge is 2.21. The van der Waals surface area contributed by atoms with E-state index in [4.69, 9.17) is 5.26 Å². The van der Waals surface area contributed by atoms with E-state index in [2.05, 4.69) is 29.5 Å². The number of nitrogens with zero attached hydrogens (tertiary/aromatic N) is 4. The van der Waals surface area contributed by atoms with Crippen LogP contribution in [-0.2, 0) is 6.42 Å². The van der Waals surface area contributed by atoms with Gasteiger partial charge in [-0.3, -0.25) is 4.79 Å². The largest absolute Gasteiger partial charge is 0.337 e. The van der Waals surface area contributed by atoms with E-state index in [1.54, 1.807) is 4.90 Å². The number of aryl methyl sites for hydroxylation is 1. The van der Waals surface area contributed by atoms with Crippen LogP contribution in [0.5, 0.6) is 0 Å². The van der Waals surface area contributed by atoms with Gasteiger partial charge in [-0.1, -0.05) is 25.3 Å². The van der Waals surface area contributed by atoms with Gasteiger partial charge in [0.2, 0.25) is 0 Å². The Kier molecular flexibility index (Phi) is 5.72. The zero-order valence-electron chi connectivity index (χ0n) is 11.0. The lowest BCUT2D eigenvalue weighted by molar-refractivity contribution is 0.0743. The number of carbonyl (C=O) groups excluding carboxylic acids is 1. The number of hydrogen-bond donors (Lipinski definition) is 0. The molecule has 1 aromatic rings. The van der Waals surface area contributed by atoms with Crippen LogP contribution in [-0.4, -0.2) is 33.5 Å². The van der Waals surface area contributed by atoms with Crippen molar-refractivity contribution in [1.29, 1.82) is 5.26 Å². The number of nitriles is 1. The highest BCUT2D eigenvalue weighted by molar-refractivity contribution is 7.07. The molecule has 5 nitrogen and oxygen atoms in total. The maximum absolute atomic E-state index is 12.4. The molecule has 0 unspecified atom stereocenters. The van der Waals surface area contributed by atoms with Gasteiger partial charge in [-0.15, -0.1) is 5.10 Å². The van der Waals surface area contributed by atoms with Crippen molar-refractivity contribution in [2.24, 2.45) is 5.92 Å². The van der Waals surface area contributed by atoms with E-state index in [0.717, 1.165) is 17.2 Å². The maximum atomic E-state index is 12.4. The summed E-state index contributed by atoms with van der Waals surface area (Å²) in [6.45, 7) is 7.18. The zero-order chi connectivity index (χ0) is 13.5. The first-order chi connectivity index (χ1) is 8.60. The molecular weight excluding hydrogens is 248 g/mol. The molecule has 1 heterocycles. The van der Waals surface area contributed by atoms with E-state index in [1.165, 1.54) is 0 Å². The van der Waals surface area contributed by atoms with Crippen LogP contribution in [0.1, 0.15) is 42.6 Å². The monoisotopic (exact) mass is 266 g/mol. The topological polar surface area (TPSA) is 69.9 Å². The van der Waals surface area contributed by atoms with Crippen molar-refractivity contribution in [3.05, 3.63) is 10.6 Å². The Hall–Kier alpha value is -1.48. The lowest BCUT2D eigenvalue weighted by Crippen LogP contribution is -2.35. The summed E-state index contributed by atoms with van der Waals surface area (Å²) in [5.74, 6) is 0.324. The van der Waals surface area contributed by atoms with Crippen molar-refractivity contribution in [3.63, 3.8) is 0 Å². The SMILES string of the molecule is CCc1nnsc1C(=O)N(CCC#N)CC(C)C. The van der Waals surface area contributed by atoms with Gasteiger partial charge in [0, 0.05) is 13.1 Å². The molecule has 1 amide bonds. The molecule has 0 atom stereocenters. The lowest BCUT2D eigenvalue weighted by atomic mass is 10.2. The second kappa shape index (κ2) is 7.07. The third-order valence-electron chi connectivity index (χ3n) is 2.45. The van der Waals surface area contributed by atoms with E-state index in [-0.39, 0.29) is 5.91 Å². The zero-order valence-corrected chi connectivity index (χ0v) is 11.8. The first-order valence-corrected chi connectivity index (χ1v) is 6.84. The smallest absolute Gasteiger partial charge is 0.267 e. The molecule has 0 spiro atoms. The van der Waals surface area contributed by atoms with Gasteiger partial charge in [-0.05, 0) is 23.9 Å². The summed E-state index contributed by atoms with van der Waals surface area (Å²) in [5, 5.41) is 12.6. The molecule has 6 heteroatoms. The van der Waals surface area contributed by atoms with Crippen LogP contribution in [0.3, 0.4) is 0 Å². The van der Waals surface area contributed by atoms with Gasteiger partial charge in [0.25, 0.3) is 5.91 Å². The summed E-state index contributed by atoms with van der Waals surface area (Å²) in [6, 6.07) is 2.08. The van der Waals surface area contributed by atoms with Gasteiger partial charge in [0.1, 0.15) is 4.88 Å². The number of aromatic nitrogens is 2. The van der Waals surface area contributed by atoms with Crippen molar-refractivity contribution in [2.75, 3.05) is 13.1 Å². The Labute approximate surface area is 112 Å². The van der Waals surface area contributed by atoms with Crippen LogP contribution in [0, 0.1) is 17.2 Å². The summed E-state index contributed by atoms with van der Waals surface area (Å²) in [5.41, 5.74) is 0.746. The normalized spacial score (nSPS) is 10.4. The van der Waals surface area contributed by atoms with E-state index >= 15 is 0 Å². The standard InChI is InChI=1S/C12H18N4OS/c1-4-10-11(18-15-14-10)12(17)16(7-5-6-13)8-9(2)3/h9H,4-5,7-8H2,1-3H3. The average Bonchev–Trinajstić information content (AvgIpc) is 2.81. The summed E-state index contributed by atoms with van der Waals surface area (Å²) in [7, 11) is 0. The number of hydrogen-bond acceptors (Lipinski definition) is 5. The summed E-state index contributed by atoms with van der Waals surface area (Å²) < 4.78 is 3.84. The molecule has 0 saturated carbocycles. The molecule has 0 aliphatic heterocycles. The molecule has 0 fully saturated rings. The minimum absolute atomic E-state index is 0.0502. The Morgan fingerprint density at radius 3 is 2.83 bits per heavy atom. The molecule has 18 heavy (non-hydrogen) atoms. The molecule has 0 saturated heterocycles. The van der Waals surface area contributed by atoms with Crippen molar-refractivity contribution in [1.82, 2.24) is 14.5 Å². The minimum atomic E-state index is -0.0502. The number of amides is 1. The fourth-order valence-corrected chi connectivity index (χ4v) is 2.37. The van der Waals surface area contributed by atoms with Gasteiger partial charge in [-0.2, -0.15) is 5.26 Å². The quantitative estimate of drug-likeness (QED) is 0.790. The minimum Gasteiger partial charge on any atom is -0.337 e. The van der Waals surface area contributed by atoms with E-state index in [0.29, 0.717) is 36.7 Å². The fourth-order valence-electron chi connectivity index (χ4n) is 1.65. The fraction of sp³-hybridized carbons (Fsp3) is 0.667. The Morgan fingerprint density at radius 2 is 2.28 bits per heavy atom. The molecule has 1 rings (SSSR count). The highest BCUT2D eigenvalue weighted by atomic mass is 32.1. The maximum Gasteiger partial charge on any atom is 0.267 e. The lowest BCUT2D eigenvalue weighted by Gasteiger charge is -2.23. The second-order valence-corrected chi connectivity index (χ2v) is 5.21. The third-order valence-corrected chi connectivity index (χ3v) is 3.21. The van der Waals surface area contributed by atoms with Crippen LogP contribution >= 0.6 is 11.5 Å². The first-order valence-electron chi connectivity index (χ1n) is 6.07. The van der Waals surface area contributed by atoms with Crippen LogP contribution in [0.25, 0.3) is 0 Å². The van der Waals surface area contributed by atoms with Crippen molar-refractivity contribution in [3.8, 4) is 6.07 Å². The number of rotatable bonds is 6. The molecule has 98 valence electrons. The van der Waals surface area contributed by atoms with Gasteiger partial charge < -0.3 is 4.90 Å². The number of carbonyl (C=O) groups is 1. The van der Waals surface area contributed by atoms with E-state index in [9.17, 15) is 4.79 Å². The Balaban J connectivity index is 2.84. The first kappa shape index (κ1) is 14.6. The van der Waals surface area contributed by atoms with Crippen molar-refractivity contribution in [2.45, 2.75) is 33.6 Å². The average molecular weight is 266 g/mol. The molecule has 0 aromatic carbocycles. The molecule has 0 radical (unpaired) electrons. The van der Waals surface area contributed by atoms with Gasteiger partial charge >= 0.3 is 0 Å². The Morgan fingerprint density at radius 1 is 1.56 bits per heavy atom. The molecule has 1 aromatic heterocycles. The summed E-state index contributed by atoms with van der Waals surface area (Å²) in [6.07, 6.45) is 1.05. The molecule has 0 N–H and O–H groups in total.